The molecule has 0 heterocycles. The molecule has 0 aromatic heterocycles. The number of carbonyl (C=O) groups excluding carboxylic acids is 1. The van der Waals surface area contributed by atoms with Gasteiger partial charge in [-0.1, -0.05) is 45.4 Å². The van der Waals surface area contributed by atoms with Gasteiger partial charge in [0, 0.05) is 12.2 Å². The molecule has 102 valence electrons. The third kappa shape index (κ3) is 7.06. The van der Waals surface area contributed by atoms with Crippen molar-refractivity contribution in [2.45, 2.75) is 63.9 Å². The molecule has 0 bridgehead atoms. The van der Waals surface area contributed by atoms with Gasteiger partial charge in [0.1, 0.15) is 0 Å². The van der Waals surface area contributed by atoms with Crippen molar-refractivity contribution in [1.29, 1.82) is 0 Å². The zero-order chi connectivity index (χ0) is 13.1. The zero-order valence-corrected chi connectivity index (χ0v) is 11.7. The normalized spacial score (nSPS) is 14.6. The molecule has 0 amide bonds. The first-order valence-electron chi connectivity index (χ1n) is 6.58. The molecular formula is C13H26O3S. The minimum Gasteiger partial charge on any atom is -0.393 e. The molecule has 17 heavy (non-hydrogen) atoms. The van der Waals surface area contributed by atoms with Crippen molar-refractivity contribution in [2.24, 2.45) is 0 Å². The summed E-state index contributed by atoms with van der Waals surface area (Å²) in [5.74, 6) is -0.303. The molecule has 0 radical (unpaired) electrons. The molecule has 0 aromatic rings. The van der Waals surface area contributed by atoms with Crippen LogP contribution in [0, 0.1) is 0 Å². The number of thiol groups is 1. The Morgan fingerprint density at radius 1 is 1.12 bits per heavy atom. The maximum Gasteiger partial charge on any atom is 0.167 e. The number of aliphatic hydroxyl groups is 2. The van der Waals surface area contributed by atoms with Gasteiger partial charge in [-0.25, -0.2) is 0 Å². The fraction of sp³-hybridized carbons (Fsp3) is 0.923. The van der Waals surface area contributed by atoms with Crippen LogP contribution in [0.5, 0.6) is 0 Å². The number of hydrogen-bond donors (Lipinski definition) is 3. The first-order chi connectivity index (χ1) is 8.10. The lowest BCUT2D eigenvalue weighted by Crippen LogP contribution is -2.44. The first kappa shape index (κ1) is 16.9. The molecule has 1 atom stereocenters. The van der Waals surface area contributed by atoms with Gasteiger partial charge in [-0.3, -0.25) is 4.79 Å². The Bertz CT molecular complexity index is 203. The Labute approximate surface area is 110 Å². The van der Waals surface area contributed by atoms with Gasteiger partial charge in [-0.05, 0) is 6.42 Å². The van der Waals surface area contributed by atoms with Crippen LogP contribution in [0.15, 0.2) is 0 Å². The van der Waals surface area contributed by atoms with Crippen LogP contribution in [0.2, 0.25) is 0 Å². The average Bonchev–Trinajstić information content (AvgIpc) is 2.36. The molecule has 0 aliphatic carbocycles. The number of aliphatic hydroxyl groups excluding tert-OH is 1. The number of ketones is 1. The van der Waals surface area contributed by atoms with Crippen molar-refractivity contribution in [1.82, 2.24) is 0 Å². The van der Waals surface area contributed by atoms with Crippen LogP contribution in [0.25, 0.3) is 0 Å². The monoisotopic (exact) mass is 262 g/mol. The van der Waals surface area contributed by atoms with Crippen molar-refractivity contribution in [3.63, 3.8) is 0 Å². The van der Waals surface area contributed by atoms with Crippen LogP contribution in [-0.4, -0.2) is 34.0 Å². The van der Waals surface area contributed by atoms with Crippen molar-refractivity contribution in [3.05, 3.63) is 0 Å². The van der Waals surface area contributed by atoms with Crippen LogP contribution < -0.4 is 0 Å². The van der Waals surface area contributed by atoms with Gasteiger partial charge in [0.15, 0.2) is 11.4 Å². The van der Waals surface area contributed by atoms with Crippen LogP contribution in [0.4, 0.5) is 0 Å². The Morgan fingerprint density at radius 3 is 2.12 bits per heavy atom. The largest absolute Gasteiger partial charge is 0.393 e. The minimum absolute atomic E-state index is 0.0150. The standard InChI is InChI=1S/C13H26O3S/c1-2-3-4-5-6-7-8-9-12(15)13(16,10-14)11-17/h14,16-17H,2-11H2,1H3. The topological polar surface area (TPSA) is 57.5 Å². The molecule has 0 aliphatic rings. The highest BCUT2D eigenvalue weighted by molar-refractivity contribution is 7.80. The minimum atomic E-state index is -1.63. The quantitative estimate of drug-likeness (QED) is 0.396. The van der Waals surface area contributed by atoms with Crippen molar-refractivity contribution >= 4 is 18.4 Å². The maximum atomic E-state index is 11.6. The summed E-state index contributed by atoms with van der Waals surface area (Å²) in [5.41, 5.74) is -1.63. The Kier molecular flexibility index (Phi) is 9.88. The fourth-order valence-corrected chi connectivity index (χ4v) is 1.98. The lowest BCUT2D eigenvalue weighted by molar-refractivity contribution is -0.138. The second-order valence-electron chi connectivity index (χ2n) is 4.64. The summed E-state index contributed by atoms with van der Waals surface area (Å²) in [6, 6.07) is 0. The maximum absolute atomic E-state index is 11.6. The summed E-state index contributed by atoms with van der Waals surface area (Å²) >= 11 is 3.89. The van der Waals surface area contributed by atoms with Crippen molar-refractivity contribution in [2.75, 3.05) is 12.4 Å². The lowest BCUT2D eigenvalue weighted by atomic mass is 9.96. The summed E-state index contributed by atoms with van der Waals surface area (Å²) < 4.78 is 0. The summed E-state index contributed by atoms with van der Waals surface area (Å²) in [4.78, 5) is 11.6. The Hall–Kier alpha value is -0.0600. The van der Waals surface area contributed by atoms with Crippen LogP contribution in [0.3, 0.4) is 0 Å². The second-order valence-corrected chi connectivity index (χ2v) is 4.96. The van der Waals surface area contributed by atoms with E-state index in [4.69, 9.17) is 5.11 Å². The van der Waals surface area contributed by atoms with E-state index in [9.17, 15) is 9.90 Å². The molecule has 0 aliphatic heterocycles. The molecule has 0 aromatic carbocycles. The molecular weight excluding hydrogens is 236 g/mol. The highest BCUT2D eigenvalue weighted by Gasteiger charge is 2.32. The van der Waals surface area contributed by atoms with Gasteiger partial charge in [0.25, 0.3) is 0 Å². The molecule has 4 heteroatoms. The molecule has 0 rings (SSSR count). The fourth-order valence-electron chi connectivity index (χ4n) is 1.70. The summed E-state index contributed by atoms with van der Waals surface area (Å²) in [5, 5.41) is 18.6. The predicted octanol–water partition coefficient (Wildman–Crippen LogP) is 2.35. The van der Waals surface area contributed by atoms with E-state index < -0.39 is 12.2 Å². The van der Waals surface area contributed by atoms with E-state index in [1.54, 1.807) is 0 Å². The van der Waals surface area contributed by atoms with Crippen LogP contribution in [0.1, 0.15) is 58.3 Å². The summed E-state index contributed by atoms with van der Waals surface area (Å²) in [7, 11) is 0. The van der Waals surface area contributed by atoms with E-state index in [0.717, 1.165) is 19.3 Å². The van der Waals surface area contributed by atoms with Crippen LogP contribution >= 0.6 is 12.6 Å². The predicted molar refractivity (Wildman–Crippen MR) is 73.5 cm³/mol. The van der Waals surface area contributed by atoms with Crippen molar-refractivity contribution < 1.29 is 15.0 Å². The Balaban J connectivity index is 3.57. The smallest absolute Gasteiger partial charge is 0.167 e. The van der Waals surface area contributed by atoms with Gasteiger partial charge < -0.3 is 10.2 Å². The first-order valence-corrected chi connectivity index (χ1v) is 7.21. The van der Waals surface area contributed by atoms with E-state index in [1.165, 1.54) is 25.7 Å². The highest BCUT2D eigenvalue weighted by atomic mass is 32.1. The molecule has 0 saturated heterocycles. The van der Waals surface area contributed by atoms with E-state index in [-0.39, 0.29) is 11.5 Å². The van der Waals surface area contributed by atoms with Crippen LogP contribution in [-0.2, 0) is 4.79 Å². The third-order valence-corrected chi connectivity index (χ3v) is 3.57. The number of unbranched alkanes of at least 4 members (excludes halogenated alkanes) is 6. The van der Waals surface area contributed by atoms with Gasteiger partial charge in [-0.15, -0.1) is 0 Å². The molecule has 0 fully saturated rings. The number of Topliss-reactive ketones (excluding diaryl/α,β-unsaturated/α-hetero) is 1. The summed E-state index contributed by atoms with van der Waals surface area (Å²) in [6.45, 7) is 1.65. The van der Waals surface area contributed by atoms with E-state index in [0.29, 0.717) is 6.42 Å². The summed E-state index contributed by atoms with van der Waals surface area (Å²) in [6.07, 6.45) is 8.30. The number of rotatable bonds is 11. The Morgan fingerprint density at radius 2 is 1.65 bits per heavy atom. The van der Waals surface area contributed by atoms with E-state index in [2.05, 4.69) is 19.6 Å². The number of carbonyl (C=O) groups is 1. The molecule has 2 N–H and O–H groups in total. The van der Waals surface area contributed by atoms with Gasteiger partial charge in [0.05, 0.1) is 6.61 Å². The molecule has 1 unspecified atom stereocenters. The second kappa shape index (κ2) is 9.92. The highest BCUT2D eigenvalue weighted by Crippen LogP contribution is 2.14. The SMILES string of the molecule is CCCCCCCCCC(=O)C(O)(CO)CS. The molecule has 3 nitrogen and oxygen atoms in total. The van der Waals surface area contributed by atoms with E-state index >= 15 is 0 Å². The average molecular weight is 262 g/mol. The molecule has 0 saturated carbocycles. The third-order valence-electron chi connectivity index (χ3n) is 3.05. The zero-order valence-electron chi connectivity index (χ0n) is 10.8. The van der Waals surface area contributed by atoms with Gasteiger partial charge in [-0.2, -0.15) is 12.6 Å². The molecule has 0 spiro atoms. The van der Waals surface area contributed by atoms with Gasteiger partial charge >= 0.3 is 0 Å². The van der Waals surface area contributed by atoms with Gasteiger partial charge in [0.2, 0.25) is 0 Å². The number of hydrogen-bond acceptors (Lipinski definition) is 4. The van der Waals surface area contributed by atoms with Crippen molar-refractivity contribution in [3.8, 4) is 0 Å². The van der Waals surface area contributed by atoms with E-state index in [1.807, 2.05) is 0 Å². The lowest BCUT2D eigenvalue weighted by Gasteiger charge is -2.21.